The normalized spacial score (nSPS) is 19.3. The number of rotatable bonds is 8. The SMILES string of the molecule is CN/C=C(\C=C/C=O)n1cc(-c2nc(NC3CCC(C(=O)NC)CC3)ncc2Cl)cn1. The van der Waals surface area contributed by atoms with E-state index in [1.165, 1.54) is 6.08 Å². The molecule has 3 N–H and O–H groups in total. The first-order valence-electron chi connectivity index (χ1n) is 10.1. The van der Waals surface area contributed by atoms with E-state index in [0.717, 1.165) is 31.2 Å². The van der Waals surface area contributed by atoms with E-state index < -0.39 is 0 Å². The molecule has 0 spiro atoms. The maximum Gasteiger partial charge on any atom is 0.223 e. The molecule has 1 amide bonds. The Kier molecular flexibility index (Phi) is 7.77. The average Bonchev–Trinajstić information content (AvgIpc) is 3.27. The molecule has 9 nitrogen and oxygen atoms in total. The number of halogens is 1. The van der Waals surface area contributed by atoms with Crippen LogP contribution >= 0.6 is 11.6 Å². The summed E-state index contributed by atoms with van der Waals surface area (Å²) < 4.78 is 1.62. The van der Waals surface area contributed by atoms with Crippen LogP contribution in [0.4, 0.5) is 5.95 Å². The predicted molar refractivity (Wildman–Crippen MR) is 120 cm³/mol. The molecular weight excluding hydrogens is 418 g/mol. The summed E-state index contributed by atoms with van der Waals surface area (Å²) in [4.78, 5) is 31.4. The number of nitrogens with zero attached hydrogens (tertiary/aromatic N) is 4. The molecule has 2 heterocycles. The fourth-order valence-electron chi connectivity index (χ4n) is 3.59. The molecule has 2 aromatic heterocycles. The van der Waals surface area contributed by atoms with Crippen molar-refractivity contribution in [3.63, 3.8) is 0 Å². The summed E-state index contributed by atoms with van der Waals surface area (Å²) >= 11 is 6.36. The zero-order valence-electron chi connectivity index (χ0n) is 17.5. The molecule has 0 unspecified atom stereocenters. The standard InChI is InChI=1S/C21H26ClN7O2/c1-23-11-17(4-3-9-30)29-13-15(10-26-29)19-18(22)12-25-21(28-19)27-16-7-5-14(6-8-16)20(31)24-2/h3-4,9-14,16,23H,5-8H2,1-2H3,(H,24,31)(H,25,27,28)/b4-3-,17-11+. The van der Waals surface area contributed by atoms with Gasteiger partial charge in [0, 0.05) is 44.0 Å². The van der Waals surface area contributed by atoms with Crippen LogP contribution in [0.3, 0.4) is 0 Å². The minimum Gasteiger partial charge on any atom is -0.392 e. The van der Waals surface area contributed by atoms with Crippen molar-refractivity contribution in [2.45, 2.75) is 31.7 Å². The lowest BCUT2D eigenvalue weighted by Crippen LogP contribution is -2.34. The van der Waals surface area contributed by atoms with E-state index in [9.17, 15) is 9.59 Å². The van der Waals surface area contributed by atoms with Crippen molar-refractivity contribution < 1.29 is 9.59 Å². The van der Waals surface area contributed by atoms with Gasteiger partial charge in [-0.05, 0) is 37.8 Å². The average molecular weight is 444 g/mol. The van der Waals surface area contributed by atoms with Crippen molar-refractivity contribution >= 4 is 35.4 Å². The highest BCUT2D eigenvalue weighted by Gasteiger charge is 2.26. The second-order valence-electron chi connectivity index (χ2n) is 7.22. The molecule has 0 atom stereocenters. The summed E-state index contributed by atoms with van der Waals surface area (Å²) in [5.74, 6) is 0.668. The molecule has 0 saturated heterocycles. The smallest absolute Gasteiger partial charge is 0.223 e. The molecule has 10 heteroatoms. The van der Waals surface area contributed by atoms with Crippen molar-refractivity contribution in [1.29, 1.82) is 0 Å². The summed E-state index contributed by atoms with van der Waals surface area (Å²) in [6, 6.07) is 0.205. The molecule has 3 rings (SSSR count). The highest BCUT2D eigenvalue weighted by molar-refractivity contribution is 6.32. The lowest BCUT2D eigenvalue weighted by Gasteiger charge is -2.28. The number of carbonyl (C=O) groups is 2. The molecule has 0 radical (unpaired) electrons. The number of carbonyl (C=O) groups excluding carboxylic acids is 2. The molecule has 1 aliphatic carbocycles. The van der Waals surface area contributed by atoms with Gasteiger partial charge in [0.25, 0.3) is 0 Å². The summed E-state index contributed by atoms with van der Waals surface area (Å²) in [7, 11) is 3.44. The topological polar surface area (TPSA) is 114 Å². The number of aldehydes is 1. The van der Waals surface area contributed by atoms with E-state index in [0.29, 0.717) is 28.6 Å². The van der Waals surface area contributed by atoms with Gasteiger partial charge in [-0.2, -0.15) is 5.10 Å². The molecule has 31 heavy (non-hydrogen) atoms. The maximum absolute atomic E-state index is 11.8. The summed E-state index contributed by atoms with van der Waals surface area (Å²) in [5.41, 5.74) is 1.96. The fraction of sp³-hybridized carbons (Fsp3) is 0.381. The Balaban J connectivity index is 1.74. The maximum atomic E-state index is 11.8. The van der Waals surface area contributed by atoms with E-state index in [2.05, 4.69) is 31.0 Å². The fourth-order valence-corrected chi connectivity index (χ4v) is 3.79. The molecule has 1 saturated carbocycles. The number of hydrogen-bond donors (Lipinski definition) is 3. The second kappa shape index (κ2) is 10.7. The van der Waals surface area contributed by atoms with Crippen molar-refractivity contribution in [3.05, 3.63) is 42.0 Å². The molecule has 0 aliphatic heterocycles. The van der Waals surface area contributed by atoms with Gasteiger partial charge >= 0.3 is 0 Å². The van der Waals surface area contributed by atoms with Crippen LogP contribution in [0.5, 0.6) is 0 Å². The Labute approximate surface area is 186 Å². The molecule has 1 aliphatic rings. The van der Waals surface area contributed by atoms with Crippen molar-refractivity contribution in [3.8, 4) is 11.3 Å². The van der Waals surface area contributed by atoms with E-state index in [1.54, 1.807) is 49.6 Å². The minimum atomic E-state index is 0.0729. The van der Waals surface area contributed by atoms with Crippen LogP contribution in [0.25, 0.3) is 17.0 Å². The first-order chi connectivity index (χ1) is 15.0. The lowest BCUT2D eigenvalue weighted by atomic mass is 9.85. The van der Waals surface area contributed by atoms with Crippen LogP contribution in [0.2, 0.25) is 5.02 Å². The molecule has 2 aromatic rings. The van der Waals surface area contributed by atoms with Crippen molar-refractivity contribution in [1.82, 2.24) is 30.4 Å². The third kappa shape index (κ3) is 5.69. The van der Waals surface area contributed by atoms with Gasteiger partial charge in [0.15, 0.2) is 0 Å². The third-order valence-electron chi connectivity index (χ3n) is 5.18. The van der Waals surface area contributed by atoms with Crippen LogP contribution in [0.1, 0.15) is 25.7 Å². The van der Waals surface area contributed by atoms with Crippen LogP contribution in [0, 0.1) is 5.92 Å². The van der Waals surface area contributed by atoms with E-state index in [-0.39, 0.29) is 17.9 Å². The largest absolute Gasteiger partial charge is 0.392 e. The Morgan fingerprint density at radius 1 is 1.23 bits per heavy atom. The number of allylic oxidation sites excluding steroid dienone is 3. The first kappa shape index (κ1) is 22.5. The van der Waals surface area contributed by atoms with Crippen molar-refractivity contribution in [2.24, 2.45) is 5.92 Å². The van der Waals surface area contributed by atoms with Gasteiger partial charge in [-0.25, -0.2) is 14.6 Å². The van der Waals surface area contributed by atoms with E-state index >= 15 is 0 Å². The third-order valence-corrected chi connectivity index (χ3v) is 5.46. The van der Waals surface area contributed by atoms with Gasteiger partial charge in [-0.1, -0.05) is 11.6 Å². The van der Waals surface area contributed by atoms with Gasteiger partial charge < -0.3 is 16.0 Å². The summed E-state index contributed by atoms with van der Waals surface area (Å²) in [6.45, 7) is 0. The van der Waals surface area contributed by atoms with Crippen LogP contribution < -0.4 is 16.0 Å². The summed E-state index contributed by atoms with van der Waals surface area (Å²) in [5, 5.41) is 13.8. The van der Waals surface area contributed by atoms with Crippen molar-refractivity contribution in [2.75, 3.05) is 19.4 Å². The zero-order chi connectivity index (χ0) is 22.2. The van der Waals surface area contributed by atoms with Gasteiger partial charge in [0.05, 0.1) is 28.8 Å². The Bertz CT molecular complexity index is 978. The number of hydrogen-bond acceptors (Lipinski definition) is 7. The first-order valence-corrected chi connectivity index (χ1v) is 10.5. The van der Waals surface area contributed by atoms with Gasteiger partial charge in [0.2, 0.25) is 11.9 Å². The van der Waals surface area contributed by atoms with E-state index in [4.69, 9.17) is 11.6 Å². The monoisotopic (exact) mass is 443 g/mol. The van der Waals surface area contributed by atoms with Gasteiger partial charge in [0.1, 0.15) is 6.29 Å². The highest BCUT2D eigenvalue weighted by Crippen LogP contribution is 2.29. The second-order valence-corrected chi connectivity index (χ2v) is 7.63. The Morgan fingerprint density at radius 3 is 2.68 bits per heavy atom. The molecular formula is C21H26ClN7O2. The molecule has 164 valence electrons. The number of aromatic nitrogens is 4. The molecule has 0 aromatic carbocycles. The molecule has 0 bridgehead atoms. The number of nitrogens with one attached hydrogen (secondary N) is 3. The van der Waals surface area contributed by atoms with Gasteiger partial charge in [-0.15, -0.1) is 0 Å². The molecule has 1 fully saturated rings. The number of amides is 1. The predicted octanol–water partition coefficient (Wildman–Crippen LogP) is 2.48. The highest BCUT2D eigenvalue weighted by atomic mass is 35.5. The van der Waals surface area contributed by atoms with Crippen LogP contribution in [0.15, 0.2) is 36.9 Å². The zero-order valence-corrected chi connectivity index (χ0v) is 18.3. The summed E-state index contributed by atoms with van der Waals surface area (Å²) in [6.07, 6.45) is 13.9. The lowest BCUT2D eigenvalue weighted by molar-refractivity contribution is -0.125. The Hall–Kier alpha value is -3.20. The minimum absolute atomic E-state index is 0.0729. The van der Waals surface area contributed by atoms with Gasteiger partial charge in [-0.3, -0.25) is 9.59 Å². The quantitative estimate of drug-likeness (QED) is 0.326. The van der Waals surface area contributed by atoms with Crippen LogP contribution in [-0.4, -0.2) is 52.1 Å². The number of anilines is 1. The van der Waals surface area contributed by atoms with Crippen LogP contribution in [-0.2, 0) is 9.59 Å². The van der Waals surface area contributed by atoms with E-state index in [1.807, 2.05) is 0 Å². The Morgan fingerprint density at radius 2 is 2.00 bits per heavy atom.